The van der Waals surface area contributed by atoms with E-state index in [0.717, 1.165) is 17.7 Å². The molecule has 0 aliphatic heterocycles. The molecule has 0 saturated carbocycles. The Morgan fingerprint density at radius 1 is 1.08 bits per heavy atom. The van der Waals surface area contributed by atoms with Crippen molar-refractivity contribution in [2.45, 2.75) is 27.2 Å². The van der Waals surface area contributed by atoms with Gasteiger partial charge in [0.15, 0.2) is 0 Å². The third-order valence-corrected chi connectivity index (χ3v) is 3.12. The standard InChI is InChI=1S/C22H31NO2/c1-7-11-13-14-21(23-15-12-8-2)18-24-20(6)16-22(10-4)25-17-19(5)9-3/h7-10,12-14,16H,1,4,6,11,15,17-18H2,2-3,5H3/b12-8-,14-13-,19-9+,22-16+,23-21?. The maximum absolute atomic E-state index is 5.69. The molecule has 0 radical (unpaired) electrons. The number of aliphatic imine (C=N–C) groups is 1. The van der Waals surface area contributed by atoms with Crippen molar-refractivity contribution in [2.75, 3.05) is 19.8 Å². The largest absolute Gasteiger partial charge is 0.489 e. The van der Waals surface area contributed by atoms with Gasteiger partial charge in [0.2, 0.25) is 0 Å². The van der Waals surface area contributed by atoms with E-state index in [-0.39, 0.29) is 0 Å². The first kappa shape index (κ1) is 22.4. The Morgan fingerprint density at radius 3 is 2.44 bits per heavy atom. The molecule has 0 aliphatic rings. The molecule has 0 saturated heterocycles. The van der Waals surface area contributed by atoms with Crippen LogP contribution in [0.15, 0.2) is 90.4 Å². The summed E-state index contributed by atoms with van der Waals surface area (Å²) in [5.41, 5.74) is 1.99. The predicted molar refractivity (Wildman–Crippen MR) is 110 cm³/mol. The van der Waals surface area contributed by atoms with E-state index in [2.05, 4.69) is 24.7 Å². The summed E-state index contributed by atoms with van der Waals surface area (Å²) in [4.78, 5) is 4.49. The zero-order valence-electron chi connectivity index (χ0n) is 15.8. The van der Waals surface area contributed by atoms with Crippen molar-refractivity contribution in [2.24, 2.45) is 4.99 Å². The molecule has 0 spiro atoms. The fourth-order valence-corrected chi connectivity index (χ4v) is 1.53. The second kappa shape index (κ2) is 15.0. The lowest BCUT2D eigenvalue weighted by atomic mass is 10.3. The minimum absolute atomic E-state index is 0.346. The zero-order chi connectivity index (χ0) is 18.9. The van der Waals surface area contributed by atoms with E-state index in [1.807, 2.05) is 57.2 Å². The Kier molecular flexibility index (Phi) is 13.5. The summed E-state index contributed by atoms with van der Waals surface area (Å²) in [5, 5.41) is 0. The number of allylic oxidation sites excluding steroid dienone is 6. The van der Waals surface area contributed by atoms with Gasteiger partial charge < -0.3 is 9.47 Å². The maximum atomic E-state index is 5.69. The topological polar surface area (TPSA) is 30.8 Å². The Hall–Kier alpha value is -2.55. The molecule has 3 heteroatoms. The molecule has 0 rings (SSSR count). The molecular weight excluding hydrogens is 310 g/mol. The van der Waals surface area contributed by atoms with Crippen LogP contribution in [0.25, 0.3) is 0 Å². The van der Waals surface area contributed by atoms with Crippen molar-refractivity contribution in [3.63, 3.8) is 0 Å². The molecule has 0 unspecified atom stereocenters. The van der Waals surface area contributed by atoms with Crippen LogP contribution >= 0.6 is 0 Å². The quantitative estimate of drug-likeness (QED) is 0.186. The lowest BCUT2D eigenvalue weighted by Crippen LogP contribution is -2.06. The third-order valence-electron chi connectivity index (χ3n) is 3.12. The van der Waals surface area contributed by atoms with Gasteiger partial charge in [0.05, 0.1) is 12.3 Å². The third kappa shape index (κ3) is 12.5. The molecule has 3 nitrogen and oxygen atoms in total. The average molecular weight is 341 g/mol. The first-order chi connectivity index (χ1) is 12.1. The molecule has 0 fully saturated rings. The Balaban J connectivity index is 4.74. The molecule has 0 heterocycles. The fraction of sp³-hybridized carbons (Fsp3) is 0.318. The van der Waals surface area contributed by atoms with Crippen LogP contribution in [-0.2, 0) is 9.47 Å². The highest BCUT2D eigenvalue weighted by molar-refractivity contribution is 5.96. The second-order valence-corrected chi connectivity index (χ2v) is 5.26. The van der Waals surface area contributed by atoms with E-state index >= 15 is 0 Å². The Morgan fingerprint density at radius 2 is 1.84 bits per heavy atom. The van der Waals surface area contributed by atoms with Crippen LogP contribution in [0.2, 0.25) is 0 Å². The van der Waals surface area contributed by atoms with Crippen molar-refractivity contribution in [1.29, 1.82) is 0 Å². The van der Waals surface area contributed by atoms with E-state index in [0.29, 0.717) is 31.3 Å². The Labute approximate surface area is 153 Å². The maximum Gasteiger partial charge on any atom is 0.130 e. The highest BCUT2D eigenvalue weighted by Crippen LogP contribution is 2.08. The predicted octanol–water partition coefficient (Wildman–Crippen LogP) is 5.72. The van der Waals surface area contributed by atoms with E-state index in [1.165, 1.54) is 0 Å². The van der Waals surface area contributed by atoms with Crippen LogP contribution in [0.4, 0.5) is 0 Å². The molecule has 25 heavy (non-hydrogen) atoms. The molecule has 0 aromatic carbocycles. The van der Waals surface area contributed by atoms with Crippen LogP contribution in [0.1, 0.15) is 27.2 Å². The summed E-state index contributed by atoms with van der Waals surface area (Å²) in [6.07, 6.45) is 15.9. The number of rotatable bonds is 13. The molecular formula is C22H31NO2. The molecule has 0 atom stereocenters. The van der Waals surface area contributed by atoms with Gasteiger partial charge >= 0.3 is 0 Å². The van der Waals surface area contributed by atoms with Crippen molar-refractivity contribution in [1.82, 2.24) is 0 Å². The summed E-state index contributed by atoms with van der Waals surface area (Å²) in [5.74, 6) is 1.13. The SMILES string of the molecule is C=CC/C=C\C(COC(=C)/C=C(\C=C)OC/C(C)=C/C)=NC/C=C\C. The first-order valence-corrected chi connectivity index (χ1v) is 8.39. The van der Waals surface area contributed by atoms with Crippen LogP contribution < -0.4 is 0 Å². The van der Waals surface area contributed by atoms with Gasteiger partial charge in [0.25, 0.3) is 0 Å². The molecule has 136 valence electrons. The summed E-state index contributed by atoms with van der Waals surface area (Å²) < 4.78 is 11.3. The number of hydrogen-bond acceptors (Lipinski definition) is 3. The van der Waals surface area contributed by atoms with E-state index in [4.69, 9.17) is 9.47 Å². The lowest BCUT2D eigenvalue weighted by Gasteiger charge is -2.10. The molecule has 0 aromatic heterocycles. The van der Waals surface area contributed by atoms with Crippen LogP contribution in [0.3, 0.4) is 0 Å². The molecule has 0 amide bonds. The van der Waals surface area contributed by atoms with Crippen molar-refractivity contribution in [3.05, 3.63) is 85.4 Å². The van der Waals surface area contributed by atoms with Crippen LogP contribution in [-0.4, -0.2) is 25.5 Å². The number of hydrogen-bond donors (Lipinski definition) is 0. The lowest BCUT2D eigenvalue weighted by molar-refractivity contribution is 0.242. The van der Waals surface area contributed by atoms with Crippen molar-refractivity contribution >= 4 is 5.71 Å². The van der Waals surface area contributed by atoms with E-state index < -0.39 is 0 Å². The average Bonchev–Trinajstić information content (AvgIpc) is 2.62. The summed E-state index contributed by atoms with van der Waals surface area (Å²) in [7, 11) is 0. The molecule has 0 N–H and O–H groups in total. The smallest absolute Gasteiger partial charge is 0.130 e. The van der Waals surface area contributed by atoms with Crippen molar-refractivity contribution in [3.8, 4) is 0 Å². The Bertz CT molecular complexity index is 575. The van der Waals surface area contributed by atoms with Gasteiger partial charge in [-0.1, -0.05) is 43.5 Å². The van der Waals surface area contributed by atoms with Gasteiger partial charge in [-0.15, -0.1) is 6.58 Å². The number of ether oxygens (including phenoxy) is 2. The van der Waals surface area contributed by atoms with Gasteiger partial charge in [-0.2, -0.15) is 0 Å². The highest BCUT2D eigenvalue weighted by Gasteiger charge is 2.00. The van der Waals surface area contributed by atoms with Gasteiger partial charge in [0, 0.05) is 6.08 Å². The van der Waals surface area contributed by atoms with Gasteiger partial charge in [0.1, 0.15) is 24.7 Å². The molecule has 0 aromatic rings. The first-order valence-electron chi connectivity index (χ1n) is 8.39. The van der Waals surface area contributed by atoms with Gasteiger partial charge in [-0.25, -0.2) is 0 Å². The van der Waals surface area contributed by atoms with Crippen LogP contribution in [0, 0.1) is 0 Å². The minimum Gasteiger partial charge on any atom is -0.489 e. The van der Waals surface area contributed by atoms with E-state index in [1.54, 1.807) is 12.2 Å². The van der Waals surface area contributed by atoms with Crippen molar-refractivity contribution < 1.29 is 9.47 Å². The van der Waals surface area contributed by atoms with Crippen LogP contribution in [0.5, 0.6) is 0 Å². The minimum atomic E-state index is 0.346. The summed E-state index contributed by atoms with van der Waals surface area (Å²) in [6.45, 7) is 18.8. The second-order valence-electron chi connectivity index (χ2n) is 5.26. The normalized spacial score (nSPS) is 13.3. The molecule has 0 aliphatic carbocycles. The number of nitrogens with zero attached hydrogens (tertiary/aromatic N) is 1. The van der Waals surface area contributed by atoms with Gasteiger partial charge in [-0.05, 0) is 44.9 Å². The zero-order valence-corrected chi connectivity index (χ0v) is 15.8. The highest BCUT2D eigenvalue weighted by atomic mass is 16.5. The monoisotopic (exact) mass is 341 g/mol. The summed E-state index contributed by atoms with van der Waals surface area (Å²) >= 11 is 0. The van der Waals surface area contributed by atoms with E-state index in [9.17, 15) is 0 Å². The van der Waals surface area contributed by atoms with Gasteiger partial charge in [-0.3, -0.25) is 4.99 Å². The molecule has 0 bridgehead atoms. The fourth-order valence-electron chi connectivity index (χ4n) is 1.53. The summed E-state index contributed by atoms with van der Waals surface area (Å²) in [6, 6.07) is 0.